The van der Waals surface area contributed by atoms with Crippen molar-refractivity contribution in [3.63, 3.8) is 0 Å². The van der Waals surface area contributed by atoms with E-state index in [1.807, 2.05) is 0 Å². The highest BCUT2D eigenvalue weighted by molar-refractivity contribution is 8.11. The van der Waals surface area contributed by atoms with E-state index in [-0.39, 0.29) is 6.10 Å². The van der Waals surface area contributed by atoms with Crippen LogP contribution in [-0.2, 0) is 18.9 Å². The van der Waals surface area contributed by atoms with Gasteiger partial charge in [-0.05, 0) is 0 Å². The first kappa shape index (κ1) is 15.1. The van der Waals surface area contributed by atoms with Crippen LogP contribution in [0.5, 0.6) is 0 Å². The average molecular weight is 281 g/mol. The maximum absolute atomic E-state index is 5.62. The zero-order valence-corrected chi connectivity index (χ0v) is 11.4. The lowest BCUT2D eigenvalue weighted by atomic mass is 10.4. The second-order valence-corrected chi connectivity index (χ2v) is 4.64. The van der Waals surface area contributed by atoms with Gasteiger partial charge in [0.15, 0.2) is 0 Å². The number of hydrogen-bond donors (Lipinski definition) is 2. The molecule has 5 nitrogen and oxygen atoms in total. The first-order chi connectivity index (χ1) is 8.29. The van der Waals surface area contributed by atoms with Crippen LogP contribution in [0.3, 0.4) is 0 Å². The maximum Gasteiger partial charge on any atom is 0.130 e. The number of nitrogens with one attached hydrogen (secondary N) is 1. The highest BCUT2D eigenvalue weighted by Crippen LogP contribution is 1.96. The molecule has 0 bridgehead atoms. The van der Waals surface area contributed by atoms with Crippen molar-refractivity contribution in [1.82, 2.24) is 5.32 Å². The Morgan fingerprint density at radius 3 is 2.29 bits per heavy atom. The first-order valence-electron chi connectivity index (χ1n) is 5.60. The van der Waals surface area contributed by atoms with Gasteiger partial charge in [0.1, 0.15) is 4.32 Å². The molecule has 0 aromatic carbocycles. The first-order valence-corrected chi connectivity index (χ1v) is 6.46. The molecular weight excluding hydrogens is 262 g/mol. The fourth-order valence-corrected chi connectivity index (χ4v) is 1.47. The van der Waals surface area contributed by atoms with Crippen molar-refractivity contribution in [2.75, 3.05) is 52.8 Å². The Labute approximate surface area is 113 Å². The van der Waals surface area contributed by atoms with Gasteiger partial charge in [0.05, 0.1) is 52.4 Å². The minimum atomic E-state index is -0.0527. The molecule has 0 spiro atoms. The third-order valence-corrected chi connectivity index (χ3v) is 2.41. The van der Waals surface area contributed by atoms with Gasteiger partial charge < -0.3 is 24.3 Å². The second-order valence-electron chi connectivity index (χ2n) is 3.48. The number of ether oxygens (including phenoxy) is 4. The van der Waals surface area contributed by atoms with Gasteiger partial charge in [-0.3, -0.25) is 0 Å². The van der Waals surface area contributed by atoms with Crippen molar-refractivity contribution in [2.45, 2.75) is 6.10 Å². The number of hydrogen-bond acceptors (Lipinski definition) is 5. The third-order valence-electron chi connectivity index (χ3n) is 2.11. The molecule has 1 unspecified atom stereocenters. The third kappa shape index (κ3) is 8.76. The van der Waals surface area contributed by atoms with E-state index in [0.717, 1.165) is 0 Å². The fourth-order valence-electron chi connectivity index (χ4n) is 1.30. The molecule has 1 rings (SSSR count). The standard InChI is InChI=1S/C10H19NO4S2/c16-10(17)11-7-9-8-14-4-3-12-1-2-13-5-6-15-9/h9H,1-8H2,(H2,11,16,17). The molecule has 0 aromatic heterocycles. The maximum atomic E-state index is 5.62. The summed E-state index contributed by atoms with van der Waals surface area (Å²) in [4.78, 5) is 0. The van der Waals surface area contributed by atoms with E-state index >= 15 is 0 Å². The molecule has 1 aliphatic heterocycles. The molecule has 17 heavy (non-hydrogen) atoms. The van der Waals surface area contributed by atoms with Gasteiger partial charge in [-0.1, -0.05) is 12.2 Å². The van der Waals surface area contributed by atoms with Crippen LogP contribution in [0.15, 0.2) is 0 Å². The van der Waals surface area contributed by atoms with E-state index in [1.54, 1.807) is 0 Å². The van der Waals surface area contributed by atoms with E-state index in [9.17, 15) is 0 Å². The van der Waals surface area contributed by atoms with Crippen LogP contribution in [0, 0.1) is 0 Å². The van der Waals surface area contributed by atoms with Crippen LogP contribution in [0.4, 0.5) is 0 Å². The lowest BCUT2D eigenvalue weighted by Crippen LogP contribution is -2.35. The Kier molecular flexibility index (Phi) is 8.94. The molecule has 0 saturated carbocycles. The summed E-state index contributed by atoms with van der Waals surface area (Å²) in [7, 11) is 0. The summed E-state index contributed by atoms with van der Waals surface area (Å²) in [5, 5.41) is 2.95. The summed E-state index contributed by atoms with van der Waals surface area (Å²) in [6.07, 6.45) is -0.0527. The molecule has 1 atom stereocenters. The topological polar surface area (TPSA) is 49.0 Å². The fraction of sp³-hybridized carbons (Fsp3) is 0.900. The summed E-state index contributed by atoms with van der Waals surface area (Å²) in [6.45, 7) is 4.52. The highest BCUT2D eigenvalue weighted by Gasteiger charge is 2.10. The molecule has 1 N–H and O–H groups in total. The summed E-state index contributed by atoms with van der Waals surface area (Å²) in [6, 6.07) is 0. The SMILES string of the molecule is S=C(S)NCC1COCCOCCOCCO1. The van der Waals surface area contributed by atoms with Crippen LogP contribution < -0.4 is 5.32 Å². The number of thiocarbonyl (C=S) groups is 1. The summed E-state index contributed by atoms with van der Waals surface area (Å²) in [5.41, 5.74) is 0. The largest absolute Gasteiger partial charge is 0.377 e. The normalized spacial score (nSPS) is 24.4. The molecule has 7 heteroatoms. The molecule has 1 aliphatic rings. The Hall–Kier alpha value is 0.0800. The molecular formula is C10H19NO4S2. The van der Waals surface area contributed by atoms with Gasteiger partial charge in [-0.2, -0.15) is 0 Å². The Bertz CT molecular complexity index is 206. The number of rotatable bonds is 2. The van der Waals surface area contributed by atoms with Crippen molar-refractivity contribution >= 4 is 29.2 Å². The highest BCUT2D eigenvalue weighted by atomic mass is 32.1. The van der Waals surface area contributed by atoms with Gasteiger partial charge in [0.2, 0.25) is 0 Å². The van der Waals surface area contributed by atoms with E-state index in [4.69, 9.17) is 31.2 Å². The Morgan fingerprint density at radius 2 is 1.65 bits per heavy atom. The van der Waals surface area contributed by atoms with E-state index in [1.165, 1.54) is 0 Å². The molecule has 1 fully saturated rings. The lowest BCUT2D eigenvalue weighted by molar-refractivity contribution is -0.0644. The zero-order chi connectivity index (χ0) is 12.3. The smallest absolute Gasteiger partial charge is 0.130 e. The molecule has 1 saturated heterocycles. The second kappa shape index (κ2) is 10.0. The van der Waals surface area contributed by atoms with Crippen LogP contribution in [0.2, 0.25) is 0 Å². The molecule has 0 radical (unpaired) electrons. The van der Waals surface area contributed by atoms with Gasteiger partial charge in [0.25, 0.3) is 0 Å². The Balaban J connectivity index is 2.24. The minimum absolute atomic E-state index is 0.0527. The van der Waals surface area contributed by atoms with Crippen LogP contribution in [0.25, 0.3) is 0 Å². The van der Waals surface area contributed by atoms with Crippen LogP contribution in [-0.4, -0.2) is 63.2 Å². The summed E-state index contributed by atoms with van der Waals surface area (Å²) in [5.74, 6) is 0. The molecule has 0 aromatic rings. The van der Waals surface area contributed by atoms with Crippen molar-refractivity contribution < 1.29 is 18.9 Å². The zero-order valence-electron chi connectivity index (χ0n) is 9.72. The van der Waals surface area contributed by atoms with Crippen molar-refractivity contribution in [3.05, 3.63) is 0 Å². The van der Waals surface area contributed by atoms with Crippen molar-refractivity contribution in [1.29, 1.82) is 0 Å². The lowest BCUT2D eigenvalue weighted by Gasteiger charge is -2.19. The van der Waals surface area contributed by atoms with Crippen LogP contribution >= 0.6 is 24.8 Å². The average Bonchev–Trinajstić information content (AvgIpc) is 2.28. The van der Waals surface area contributed by atoms with Gasteiger partial charge in [-0.25, -0.2) is 0 Å². The van der Waals surface area contributed by atoms with Gasteiger partial charge >= 0.3 is 0 Å². The van der Waals surface area contributed by atoms with E-state index < -0.39 is 0 Å². The number of thiol groups is 1. The van der Waals surface area contributed by atoms with E-state index in [2.05, 4.69) is 17.9 Å². The van der Waals surface area contributed by atoms with E-state index in [0.29, 0.717) is 57.1 Å². The van der Waals surface area contributed by atoms with Gasteiger partial charge in [0, 0.05) is 6.54 Å². The van der Waals surface area contributed by atoms with Crippen LogP contribution in [0.1, 0.15) is 0 Å². The van der Waals surface area contributed by atoms with Crippen molar-refractivity contribution in [2.24, 2.45) is 0 Å². The summed E-state index contributed by atoms with van der Waals surface area (Å²) >= 11 is 8.82. The molecule has 0 aliphatic carbocycles. The van der Waals surface area contributed by atoms with Gasteiger partial charge in [-0.15, -0.1) is 12.6 Å². The molecule has 0 amide bonds. The minimum Gasteiger partial charge on any atom is -0.377 e. The predicted octanol–water partition coefficient (Wildman–Crippen LogP) is 0.239. The molecule has 1 heterocycles. The Morgan fingerprint density at radius 1 is 1.06 bits per heavy atom. The summed E-state index contributed by atoms with van der Waals surface area (Å²) < 4.78 is 22.2. The van der Waals surface area contributed by atoms with Crippen molar-refractivity contribution in [3.8, 4) is 0 Å². The predicted molar refractivity (Wildman–Crippen MR) is 71.8 cm³/mol. The molecule has 100 valence electrons. The monoisotopic (exact) mass is 281 g/mol. The quantitative estimate of drug-likeness (QED) is 0.558.